The van der Waals surface area contributed by atoms with Crippen LogP contribution in [0.1, 0.15) is 66.7 Å². The third-order valence-corrected chi connectivity index (χ3v) is 14.9. The first-order valence-electron chi connectivity index (χ1n) is 10.1. The molecule has 0 aromatic rings. The molecule has 144 valence electrons. The van der Waals surface area contributed by atoms with Gasteiger partial charge in [0.15, 0.2) is 0 Å². The SMILES string of the molecule is CCO[Si](C)(CCN(C1CCCCC1)[Si](C)(C)C(C)(C)C)OCC. The molecule has 0 aliphatic heterocycles. The third-order valence-electron chi connectivity index (χ3n) is 6.28. The fraction of sp³-hybridized carbons (Fsp3) is 1.00. The molecule has 0 bridgehead atoms. The lowest BCUT2D eigenvalue weighted by Gasteiger charge is -2.51. The van der Waals surface area contributed by atoms with Crippen molar-refractivity contribution >= 4 is 16.8 Å². The Labute approximate surface area is 153 Å². The summed E-state index contributed by atoms with van der Waals surface area (Å²) in [5.41, 5.74) is 0. The Bertz CT molecular complexity index is 357. The molecular weight excluding hydrogens is 330 g/mol. The Morgan fingerprint density at radius 2 is 1.42 bits per heavy atom. The fourth-order valence-corrected chi connectivity index (χ4v) is 9.03. The smallest absolute Gasteiger partial charge is 0.336 e. The van der Waals surface area contributed by atoms with Crippen LogP contribution in [0.4, 0.5) is 0 Å². The molecule has 0 spiro atoms. The molecule has 24 heavy (non-hydrogen) atoms. The maximum atomic E-state index is 6.11. The van der Waals surface area contributed by atoms with E-state index in [-0.39, 0.29) is 0 Å². The number of hydrogen-bond donors (Lipinski definition) is 0. The van der Waals surface area contributed by atoms with Crippen LogP contribution in [0.15, 0.2) is 0 Å². The van der Waals surface area contributed by atoms with Crippen molar-refractivity contribution in [3.63, 3.8) is 0 Å². The largest absolute Gasteiger partial charge is 0.395 e. The molecule has 0 amide bonds. The molecule has 0 atom stereocenters. The first kappa shape index (κ1) is 22.4. The summed E-state index contributed by atoms with van der Waals surface area (Å²) in [7, 11) is -3.56. The van der Waals surface area contributed by atoms with Crippen molar-refractivity contribution < 1.29 is 8.85 Å². The van der Waals surface area contributed by atoms with E-state index in [2.05, 4.69) is 58.8 Å². The highest BCUT2D eigenvalue weighted by Crippen LogP contribution is 2.41. The monoisotopic (exact) mass is 373 g/mol. The predicted octanol–water partition coefficient (Wildman–Crippen LogP) is 5.77. The zero-order valence-corrected chi connectivity index (χ0v) is 19.7. The van der Waals surface area contributed by atoms with Crippen LogP contribution in [0.3, 0.4) is 0 Å². The summed E-state index contributed by atoms with van der Waals surface area (Å²) in [5.74, 6) is 0. The third kappa shape index (κ3) is 5.94. The van der Waals surface area contributed by atoms with Gasteiger partial charge in [-0.15, -0.1) is 0 Å². The molecule has 0 radical (unpaired) electrons. The van der Waals surface area contributed by atoms with Crippen molar-refractivity contribution in [2.75, 3.05) is 19.8 Å². The van der Waals surface area contributed by atoms with Gasteiger partial charge < -0.3 is 13.4 Å². The van der Waals surface area contributed by atoms with E-state index in [0.29, 0.717) is 5.04 Å². The van der Waals surface area contributed by atoms with Gasteiger partial charge in [0.1, 0.15) is 8.24 Å². The highest BCUT2D eigenvalue weighted by Gasteiger charge is 2.45. The molecule has 1 aliphatic carbocycles. The maximum absolute atomic E-state index is 6.11. The minimum Gasteiger partial charge on any atom is -0.395 e. The normalized spacial score (nSPS) is 18.4. The molecular formula is C19H43NO2Si2. The van der Waals surface area contributed by atoms with Crippen LogP contribution in [-0.2, 0) is 8.85 Å². The number of nitrogens with zero attached hydrogens (tertiary/aromatic N) is 1. The van der Waals surface area contributed by atoms with E-state index in [1.54, 1.807) is 0 Å². The van der Waals surface area contributed by atoms with Crippen molar-refractivity contribution in [2.45, 2.75) is 103 Å². The van der Waals surface area contributed by atoms with Crippen LogP contribution in [0, 0.1) is 0 Å². The van der Waals surface area contributed by atoms with Crippen LogP contribution < -0.4 is 0 Å². The molecule has 1 rings (SSSR count). The lowest BCUT2D eigenvalue weighted by molar-refractivity contribution is 0.180. The van der Waals surface area contributed by atoms with Crippen molar-refractivity contribution in [3.8, 4) is 0 Å². The molecule has 0 N–H and O–H groups in total. The fourth-order valence-electron chi connectivity index (χ4n) is 3.86. The van der Waals surface area contributed by atoms with Gasteiger partial charge in [0.2, 0.25) is 0 Å². The van der Waals surface area contributed by atoms with E-state index in [0.717, 1.165) is 31.8 Å². The Kier molecular flexibility index (Phi) is 8.67. The second-order valence-electron chi connectivity index (χ2n) is 9.04. The van der Waals surface area contributed by atoms with Crippen LogP contribution >= 0.6 is 0 Å². The van der Waals surface area contributed by atoms with Crippen LogP contribution in [-0.4, -0.2) is 47.2 Å². The standard InChI is InChI=1S/C19H43NO2Si2/c1-9-21-24(8,22-10-2)17-16-20(18-14-12-11-13-15-18)23(6,7)19(3,4)5/h18H,9-17H2,1-8H3. The molecule has 3 nitrogen and oxygen atoms in total. The number of hydrogen-bond acceptors (Lipinski definition) is 3. The second kappa shape index (κ2) is 9.31. The van der Waals surface area contributed by atoms with E-state index >= 15 is 0 Å². The van der Waals surface area contributed by atoms with Gasteiger partial charge in [0.25, 0.3) is 0 Å². The van der Waals surface area contributed by atoms with Crippen LogP contribution in [0.2, 0.25) is 30.7 Å². The van der Waals surface area contributed by atoms with E-state index in [9.17, 15) is 0 Å². The van der Waals surface area contributed by atoms with Crippen molar-refractivity contribution in [2.24, 2.45) is 0 Å². The van der Waals surface area contributed by atoms with Gasteiger partial charge >= 0.3 is 8.56 Å². The Balaban J connectivity index is 2.92. The second-order valence-corrected chi connectivity index (χ2v) is 17.6. The Morgan fingerprint density at radius 1 is 0.917 bits per heavy atom. The summed E-state index contributed by atoms with van der Waals surface area (Å²) in [4.78, 5) is 0. The molecule has 5 heteroatoms. The number of rotatable bonds is 9. The topological polar surface area (TPSA) is 21.7 Å². The maximum Gasteiger partial charge on any atom is 0.336 e. The van der Waals surface area contributed by atoms with E-state index in [1.807, 2.05) is 0 Å². The summed E-state index contributed by atoms with van der Waals surface area (Å²) >= 11 is 0. The summed E-state index contributed by atoms with van der Waals surface area (Å²) in [6.07, 6.45) is 7.00. The van der Waals surface area contributed by atoms with E-state index in [4.69, 9.17) is 8.85 Å². The predicted molar refractivity (Wildman–Crippen MR) is 110 cm³/mol. The zero-order valence-electron chi connectivity index (χ0n) is 17.7. The van der Waals surface area contributed by atoms with Gasteiger partial charge in [0, 0.05) is 25.3 Å². The molecule has 0 heterocycles. The van der Waals surface area contributed by atoms with E-state index in [1.165, 1.54) is 32.1 Å². The summed E-state index contributed by atoms with van der Waals surface area (Å²) in [5, 5.41) is 0.389. The average Bonchev–Trinajstić information content (AvgIpc) is 2.47. The van der Waals surface area contributed by atoms with Crippen LogP contribution in [0.5, 0.6) is 0 Å². The molecule has 1 saturated carbocycles. The van der Waals surface area contributed by atoms with Crippen molar-refractivity contribution in [1.29, 1.82) is 0 Å². The Morgan fingerprint density at radius 3 is 1.83 bits per heavy atom. The van der Waals surface area contributed by atoms with Gasteiger partial charge in [-0.05, 0) is 44.8 Å². The summed E-state index contributed by atoms with van der Waals surface area (Å²) < 4.78 is 15.2. The summed E-state index contributed by atoms with van der Waals surface area (Å²) in [6, 6.07) is 1.87. The molecule has 1 aliphatic rings. The van der Waals surface area contributed by atoms with Crippen molar-refractivity contribution in [1.82, 2.24) is 4.57 Å². The highest BCUT2D eigenvalue weighted by molar-refractivity contribution is 6.77. The minimum atomic E-state index is -2.03. The van der Waals surface area contributed by atoms with Gasteiger partial charge in [0.05, 0.1) is 0 Å². The minimum absolute atomic E-state index is 0.389. The molecule has 1 fully saturated rings. The molecule has 0 aromatic carbocycles. The first-order valence-corrected chi connectivity index (χ1v) is 15.6. The summed E-state index contributed by atoms with van der Waals surface area (Å²) in [6.45, 7) is 21.6. The van der Waals surface area contributed by atoms with Gasteiger partial charge in [-0.2, -0.15) is 0 Å². The van der Waals surface area contributed by atoms with Gasteiger partial charge in [-0.1, -0.05) is 53.1 Å². The zero-order chi connectivity index (χ0) is 18.4. The van der Waals surface area contributed by atoms with E-state index < -0.39 is 16.8 Å². The molecule has 0 saturated heterocycles. The van der Waals surface area contributed by atoms with Crippen LogP contribution in [0.25, 0.3) is 0 Å². The Hall–Kier alpha value is 0.314. The van der Waals surface area contributed by atoms with Gasteiger partial charge in [-0.25, -0.2) is 0 Å². The molecule has 0 unspecified atom stereocenters. The first-order chi connectivity index (χ1) is 11.1. The van der Waals surface area contributed by atoms with Crippen molar-refractivity contribution in [3.05, 3.63) is 0 Å². The van der Waals surface area contributed by atoms with Gasteiger partial charge in [-0.3, -0.25) is 0 Å². The molecule has 0 aromatic heterocycles. The lowest BCUT2D eigenvalue weighted by atomic mass is 9.95. The quantitative estimate of drug-likeness (QED) is 0.479. The lowest BCUT2D eigenvalue weighted by Crippen LogP contribution is -2.60. The average molecular weight is 374 g/mol. The highest BCUT2D eigenvalue weighted by atomic mass is 28.4.